The van der Waals surface area contributed by atoms with E-state index in [1.165, 1.54) is 6.07 Å². The minimum atomic E-state index is -4.58. The highest BCUT2D eigenvalue weighted by Crippen LogP contribution is 2.32. The van der Waals surface area contributed by atoms with E-state index >= 15 is 0 Å². The molecule has 0 radical (unpaired) electrons. The zero-order chi connectivity index (χ0) is 25.9. The smallest absolute Gasteiger partial charge is 0.422 e. The van der Waals surface area contributed by atoms with Crippen LogP contribution in [0.1, 0.15) is 17.1 Å². The number of aryl methyl sites for hydroxylation is 1. The fourth-order valence-corrected chi connectivity index (χ4v) is 3.57. The third kappa shape index (κ3) is 6.70. The van der Waals surface area contributed by atoms with Crippen LogP contribution in [0.3, 0.4) is 0 Å². The molecule has 3 heterocycles. The molecule has 1 fully saturated rings. The van der Waals surface area contributed by atoms with Crippen LogP contribution in [0.25, 0.3) is 0 Å². The van der Waals surface area contributed by atoms with Gasteiger partial charge >= 0.3 is 18.4 Å². The number of nitrogens with zero attached hydrogens (tertiary/aromatic N) is 5. The Morgan fingerprint density at radius 3 is 2.31 bits per heavy atom. The summed E-state index contributed by atoms with van der Waals surface area (Å²) in [5.74, 6) is 1.34. The standard InChI is InChI=1S/C22H22F6N6O2/c1-14-5-6-17(36-14)12-29-18-30-19(32-20(31-18)35-13-21(23,24)25)34-9-7-33(8-10-34)16-4-2-3-15(11-16)22(26,27)28/h2-6,11H,7-10,12-13H2,1H3,(H,29,30,31,32). The Kier molecular flexibility index (Phi) is 7.13. The summed E-state index contributed by atoms with van der Waals surface area (Å²) < 4.78 is 87.4. The summed E-state index contributed by atoms with van der Waals surface area (Å²) in [6.07, 6.45) is -9.03. The Hall–Kier alpha value is -3.71. The largest absolute Gasteiger partial charge is 0.465 e. The first-order valence-corrected chi connectivity index (χ1v) is 10.9. The molecule has 0 aliphatic carbocycles. The highest BCUT2D eigenvalue weighted by atomic mass is 19.4. The van der Waals surface area contributed by atoms with Crippen molar-refractivity contribution < 1.29 is 35.5 Å². The van der Waals surface area contributed by atoms with Crippen molar-refractivity contribution in [2.75, 3.05) is 47.9 Å². The molecule has 1 aromatic carbocycles. The van der Waals surface area contributed by atoms with Crippen molar-refractivity contribution in [3.05, 3.63) is 53.5 Å². The molecule has 194 valence electrons. The van der Waals surface area contributed by atoms with Gasteiger partial charge < -0.3 is 24.3 Å². The molecule has 1 saturated heterocycles. The van der Waals surface area contributed by atoms with Gasteiger partial charge in [-0.3, -0.25) is 0 Å². The first-order valence-electron chi connectivity index (χ1n) is 10.9. The highest BCUT2D eigenvalue weighted by molar-refractivity contribution is 5.51. The van der Waals surface area contributed by atoms with Crippen molar-refractivity contribution in [3.8, 4) is 6.01 Å². The van der Waals surface area contributed by atoms with Gasteiger partial charge in [0, 0.05) is 31.9 Å². The molecule has 0 saturated carbocycles. The van der Waals surface area contributed by atoms with Crippen LogP contribution in [0.4, 0.5) is 43.9 Å². The third-order valence-corrected chi connectivity index (χ3v) is 5.29. The molecule has 8 nitrogen and oxygen atoms in total. The molecule has 0 spiro atoms. The van der Waals surface area contributed by atoms with Crippen LogP contribution in [0.15, 0.2) is 40.8 Å². The van der Waals surface area contributed by atoms with Crippen LogP contribution in [-0.4, -0.2) is 53.9 Å². The second-order valence-electron chi connectivity index (χ2n) is 8.03. The van der Waals surface area contributed by atoms with Gasteiger partial charge in [0.05, 0.1) is 12.1 Å². The van der Waals surface area contributed by atoms with E-state index in [1.807, 2.05) is 0 Å². The summed E-state index contributed by atoms with van der Waals surface area (Å²) in [6, 6.07) is 8.02. The number of ether oxygens (including phenoxy) is 1. The predicted octanol–water partition coefficient (Wildman–Crippen LogP) is 4.67. The van der Waals surface area contributed by atoms with Crippen LogP contribution in [0, 0.1) is 6.92 Å². The van der Waals surface area contributed by atoms with Crippen LogP contribution < -0.4 is 19.9 Å². The van der Waals surface area contributed by atoms with Gasteiger partial charge in [-0.2, -0.15) is 41.3 Å². The molecule has 0 bridgehead atoms. The lowest BCUT2D eigenvalue weighted by Gasteiger charge is -2.36. The number of hydrogen-bond donors (Lipinski definition) is 1. The molecule has 14 heteroatoms. The van der Waals surface area contributed by atoms with Gasteiger partial charge in [0.2, 0.25) is 11.9 Å². The molecule has 1 N–H and O–H groups in total. The molecule has 1 aliphatic rings. The SMILES string of the molecule is Cc1ccc(CNc2nc(OCC(F)(F)F)nc(N3CCN(c4cccc(C(F)(F)F)c4)CC3)n2)o1. The first-order chi connectivity index (χ1) is 17.0. The Labute approximate surface area is 201 Å². The van der Waals surface area contributed by atoms with Gasteiger partial charge in [0.25, 0.3) is 0 Å². The molecule has 0 atom stereocenters. The van der Waals surface area contributed by atoms with Crippen molar-refractivity contribution >= 4 is 17.6 Å². The number of piperazine rings is 1. The average Bonchev–Trinajstić information content (AvgIpc) is 3.26. The Morgan fingerprint density at radius 1 is 0.944 bits per heavy atom. The minimum Gasteiger partial charge on any atom is -0.465 e. The zero-order valence-electron chi connectivity index (χ0n) is 19.0. The lowest BCUT2D eigenvalue weighted by molar-refractivity contribution is -0.154. The molecular weight excluding hydrogens is 494 g/mol. The number of alkyl halides is 6. The molecule has 1 aliphatic heterocycles. The summed E-state index contributed by atoms with van der Waals surface area (Å²) >= 11 is 0. The van der Waals surface area contributed by atoms with Crippen molar-refractivity contribution in [2.45, 2.75) is 25.8 Å². The Morgan fingerprint density at radius 2 is 1.67 bits per heavy atom. The van der Waals surface area contributed by atoms with Crippen molar-refractivity contribution in [3.63, 3.8) is 0 Å². The lowest BCUT2D eigenvalue weighted by Crippen LogP contribution is -2.47. The van der Waals surface area contributed by atoms with E-state index in [-0.39, 0.29) is 18.4 Å². The molecule has 36 heavy (non-hydrogen) atoms. The van der Waals surface area contributed by atoms with E-state index in [4.69, 9.17) is 9.15 Å². The van der Waals surface area contributed by atoms with Crippen LogP contribution >= 0.6 is 0 Å². The Bertz CT molecular complexity index is 1170. The van der Waals surface area contributed by atoms with E-state index in [0.29, 0.717) is 43.4 Å². The number of aromatic nitrogens is 3. The molecule has 0 unspecified atom stereocenters. The normalized spacial score (nSPS) is 14.8. The van der Waals surface area contributed by atoms with Gasteiger partial charge in [-0.15, -0.1) is 0 Å². The summed E-state index contributed by atoms with van der Waals surface area (Å²) in [5, 5.41) is 2.89. The van der Waals surface area contributed by atoms with E-state index in [9.17, 15) is 26.3 Å². The lowest BCUT2D eigenvalue weighted by atomic mass is 10.1. The highest BCUT2D eigenvalue weighted by Gasteiger charge is 2.32. The number of hydrogen-bond acceptors (Lipinski definition) is 8. The van der Waals surface area contributed by atoms with Crippen molar-refractivity contribution in [1.29, 1.82) is 0 Å². The fraction of sp³-hybridized carbons (Fsp3) is 0.409. The number of nitrogens with one attached hydrogen (secondary N) is 1. The van der Waals surface area contributed by atoms with E-state index in [2.05, 4.69) is 20.3 Å². The minimum absolute atomic E-state index is 0.00784. The number of furan rings is 1. The topological polar surface area (TPSA) is 79.6 Å². The molecular formula is C22H22F6N6O2. The van der Waals surface area contributed by atoms with E-state index < -0.39 is 30.5 Å². The molecule has 4 rings (SSSR count). The number of benzene rings is 1. The monoisotopic (exact) mass is 516 g/mol. The molecule has 3 aromatic rings. The van der Waals surface area contributed by atoms with Crippen molar-refractivity contribution in [1.82, 2.24) is 15.0 Å². The second-order valence-corrected chi connectivity index (χ2v) is 8.03. The zero-order valence-corrected chi connectivity index (χ0v) is 19.0. The molecule has 2 aromatic heterocycles. The van der Waals surface area contributed by atoms with Crippen LogP contribution in [0.2, 0.25) is 0 Å². The summed E-state index contributed by atoms with van der Waals surface area (Å²) in [6.45, 7) is 1.70. The third-order valence-electron chi connectivity index (χ3n) is 5.29. The van der Waals surface area contributed by atoms with Gasteiger partial charge in [-0.1, -0.05) is 6.07 Å². The first kappa shape index (κ1) is 25.4. The predicted molar refractivity (Wildman–Crippen MR) is 118 cm³/mol. The van der Waals surface area contributed by atoms with Gasteiger partial charge in [-0.05, 0) is 37.3 Å². The summed E-state index contributed by atoms with van der Waals surface area (Å²) in [4.78, 5) is 15.7. The number of anilines is 3. The average molecular weight is 516 g/mol. The summed E-state index contributed by atoms with van der Waals surface area (Å²) in [7, 11) is 0. The maximum Gasteiger partial charge on any atom is 0.422 e. The maximum absolute atomic E-state index is 13.1. The van der Waals surface area contributed by atoms with E-state index in [0.717, 1.165) is 12.1 Å². The van der Waals surface area contributed by atoms with Crippen LogP contribution in [-0.2, 0) is 12.7 Å². The van der Waals surface area contributed by atoms with Gasteiger partial charge in [0.1, 0.15) is 11.5 Å². The number of rotatable bonds is 7. The van der Waals surface area contributed by atoms with Crippen LogP contribution in [0.5, 0.6) is 6.01 Å². The number of halogens is 6. The van der Waals surface area contributed by atoms with Gasteiger partial charge in [0.15, 0.2) is 6.61 Å². The maximum atomic E-state index is 13.1. The quantitative estimate of drug-likeness (QED) is 0.454. The summed E-state index contributed by atoms with van der Waals surface area (Å²) in [5.41, 5.74) is -0.320. The van der Waals surface area contributed by atoms with E-state index in [1.54, 1.807) is 34.9 Å². The molecule has 0 amide bonds. The van der Waals surface area contributed by atoms with Gasteiger partial charge in [-0.25, -0.2) is 0 Å². The second kappa shape index (κ2) is 10.1. The Balaban J connectivity index is 1.48. The van der Waals surface area contributed by atoms with Crippen molar-refractivity contribution in [2.24, 2.45) is 0 Å². The fourth-order valence-electron chi connectivity index (χ4n) is 3.57.